The Bertz CT molecular complexity index is 379. The summed E-state index contributed by atoms with van der Waals surface area (Å²) in [5, 5.41) is 0.960. The second kappa shape index (κ2) is 6.72. The highest BCUT2D eigenvalue weighted by Crippen LogP contribution is 2.16. The lowest BCUT2D eigenvalue weighted by molar-refractivity contribution is -0.115. The second-order valence-electron chi connectivity index (χ2n) is 3.57. The summed E-state index contributed by atoms with van der Waals surface area (Å²) in [5.74, 6) is -0.00142. The maximum atomic E-state index is 11.5. The van der Waals surface area contributed by atoms with Gasteiger partial charge in [0, 0.05) is 11.4 Å². The fourth-order valence-corrected chi connectivity index (χ4v) is 1.59. The maximum Gasteiger partial charge on any atom is 0.174 e. The highest BCUT2D eigenvalue weighted by atomic mass is 35.5. The lowest BCUT2D eigenvalue weighted by Crippen LogP contribution is -1.96. The zero-order valence-electron chi connectivity index (χ0n) is 9.17. The van der Waals surface area contributed by atoms with Gasteiger partial charge >= 0.3 is 0 Å². The molecule has 16 heavy (non-hydrogen) atoms. The molecule has 0 saturated carbocycles. The van der Waals surface area contributed by atoms with Crippen molar-refractivity contribution in [2.75, 3.05) is 0 Å². The molecule has 0 radical (unpaired) electrons. The minimum absolute atomic E-state index is 0.00142. The highest BCUT2D eigenvalue weighted by molar-refractivity contribution is 6.44. The van der Waals surface area contributed by atoms with Crippen LogP contribution in [0.1, 0.15) is 31.7 Å². The van der Waals surface area contributed by atoms with Crippen molar-refractivity contribution < 1.29 is 4.79 Å². The molecule has 0 unspecified atom stereocenters. The second-order valence-corrected chi connectivity index (χ2v) is 4.41. The third-order valence-electron chi connectivity index (χ3n) is 2.19. The standard InChI is InChI=1S/C13H14Cl2O/c1-2-3-4-13(16)12(15)9-10-5-7-11(14)8-6-10/h5-9H,2-4H2,1H3/b12-9-. The van der Waals surface area contributed by atoms with Gasteiger partial charge in [-0.05, 0) is 30.2 Å². The number of hydrogen-bond donors (Lipinski definition) is 0. The average Bonchev–Trinajstić information content (AvgIpc) is 2.29. The van der Waals surface area contributed by atoms with E-state index < -0.39 is 0 Å². The molecule has 0 atom stereocenters. The normalized spacial score (nSPS) is 11.6. The van der Waals surface area contributed by atoms with E-state index in [1.165, 1.54) is 0 Å². The van der Waals surface area contributed by atoms with Crippen LogP contribution in [0.5, 0.6) is 0 Å². The Kier molecular flexibility index (Phi) is 5.58. The van der Waals surface area contributed by atoms with E-state index >= 15 is 0 Å². The van der Waals surface area contributed by atoms with Crippen molar-refractivity contribution in [1.82, 2.24) is 0 Å². The molecule has 1 aromatic rings. The number of carbonyl (C=O) groups excluding carboxylic acids is 1. The van der Waals surface area contributed by atoms with E-state index in [-0.39, 0.29) is 10.8 Å². The number of unbranched alkanes of at least 4 members (excludes halogenated alkanes) is 1. The number of allylic oxidation sites excluding steroid dienone is 1. The van der Waals surface area contributed by atoms with Crippen molar-refractivity contribution in [2.24, 2.45) is 0 Å². The van der Waals surface area contributed by atoms with Crippen LogP contribution in [0.4, 0.5) is 0 Å². The van der Waals surface area contributed by atoms with E-state index in [1.54, 1.807) is 18.2 Å². The van der Waals surface area contributed by atoms with Crippen LogP contribution in [0.15, 0.2) is 29.3 Å². The number of benzene rings is 1. The van der Waals surface area contributed by atoms with Crippen LogP contribution >= 0.6 is 23.2 Å². The van der Waals surface area contributed by atoms with Gasteiger partial charge in [0.15, 0.2) is 5.78 Å². The molecular weight excluding hydrogens is 243 g/mol. The van der Waals surface area contributed by atoms with Crippen molar-refractivity contribution in [3.8, 4) is 0 Å². The summed E-state index contributed by atoms with van der Waals surface area (Å²) in [4.78, 5) is 11.5. The van der Waals surface area contributed by atoms with Gasteiger partial charge in [0.25, 0.3) is 0 Å². The molecule has 0 aliphatic heterocycles. The van der Waals surface area contributed by atoms with Crippen LogP contribution in [-0.2, 0) is 4.79 Å². The summed E-state index contributed by atoms with van der Waals surface area (Å²) in [6.07, 6.45) is 4.07. The number of ketones is 1. The fraction of sp³-hybridized carbons (Fsp3) is 0.308. The Labute approximate surface area is 106 Å². The van der Waals surface area contributed by atoms with Crippen LogP contribution < -0.4 is 0 Å². The minimum atomic E-state index is -0.00142. The molecule has 0 aromatic heterocycles. The first-order valence-electron chi connectivity index (χ1n) is 5.29. The summed E-state index contributed by atoms with van der Waals surface area (Å²) >= 11 is 11.7. The first-order valence-corrected chi connectivity index (χ1v) is 6.05. The van der Waals surface area contributed by atoms with Gasteiger partial charge < -0.3 is 0 Å². The van der Waals surface area contributed by atoms with Gasteiger partial charge in [-0.1, -0.05) is 48.7 Å². The van der Waals surface area contributed by atoms with Gasteiger partial charge in [-0.25, -0.2) is 0 Å². The SMILES string of the molecule is CCCCC(=O)/C(Cl)=C/c1ccc(Cl)cc1. The molecule has 0 aliphatic rings. The van der Waals surface area contributed by atoms with Gasteiger partial charge in [0.05, 0.1) is 5.03 Å². The first-order chi connectivity index (χ1) is 7.63. The molecule has 1 aromatic carbocycles. The van der Waals surface area contributed by atoms with Gasteiger partial charge in [-0.2, -0.15) is 0 Å². The number of hydrogen-bond acceptors (Lipinski definition) is 1. The van der Waals surface area contributed by atoms with E-state index in [0.717, 1.165) is 18.4 Å². The Morgan fingerprint density at radius 2 is 1.94 bits per heavy atom. The van der Waals surface area contributed by atoms with Gasteiger partial charge in [-0.3, -0.25) is 4.79 Å². The number of Topliss-reactive ketones (excluding diaryl/α,β-unsaturated/α-hetero) is 1. The number of carbonyl (C=O) groups is 1. The fourth-order valence-electron chi connectivity index (χ4n) is 1.24. The van der Waals surface area contributed by atoms with E-state index in [1.807, 2.05) is 19.1 Å². The quantitative estimate of drug-likeness (QED) is 0.700. The Balaban J connectivity index is 2.68. The van der Waals surface area contributed by atoms with Crippen molar-refractivity contribution in [1.29, 1.82) is 0 Å². The molecule has 0 amide bonds. The summed E-state index contributed by atoms with van der Waals surface area (Å²) in [5.41, 5.74) is 0.888. The van der Waals surface area contributed by atoms with Crippen molar-refractivity contribution >= 4 is 35.1 Å². The number of halogens is 2. The topological polar surface area (TPSA) is 17.1 Å². The predicted octanol–water partition coefficient (Wildman–Crippen LogP) is 4.68. The Morgan fingerprint density at radius 3 is 2.50 bits per heavy atom. The van der Waals surface area contributed by atoms with Crippen LogP contribution in [0.25, 0.3) is 6.08 Å². The summed E-state index contributed by atoms with van der Waals surface area (Å²) < 4.78 is 0. The monoisotopic (exact) mass is 256 g/mol. The molecule has 0 fully saturated rings. The maximum absolute atomic E-state index is 11.5. The van der Waals surface area contributed by atoms with Gasteiger partial charge in [-0.15, -0.1) is 0 Å². The molecule has 0 spiro atoms. The van der Waals surface area contributed by atoms with E-state index in [2.05, 4.69) is 0 Å². The molecule has 0 aliphatic carbocycles. The van der Waals surface area contributed by atoms with E-state index in [9.17, 15) is 4.79 Å². The molecule has 0 bridgehead atoms. The third kappa shape index (κ3) is 4.38. The van der Waals surface area contributed by atoms with E-state index in [4.69, 9.17) is 23.2 Å². The summed E-state index contributed by atoms with van der Waals surface area (Å²) in [6.45, 7) is 2.05. The average molecular weight is 257 g/mol. The summed E-state index contributed by atoms with van der Waals surface area (Å²) in [6, 6.07) is 7.21. The molecule has 3 heteroatoms. The van der Waals surface area contributed by atoms with Gasteiger partial charge in [0.2, 0.25) is 0 Å². The van der Waals surface area contributed by atoms with Crippen LogP contribution in [-0.4, -0.2) is 5.78 Å². The van der Waals surface area contributed by atoms with Gasteiger partial charge in [0.1, 0.15) is 0 Å². The van der Waals surface area contributed by atoms with Crippen LogP contribution in [0.2, 0.25) is 5.02 Å². The smallest absolute Gasteiger partial charge is 0.174 e. The number of rotatable bonds is 5. The molecule has 1 nitrogen and oxygen atoms in total. The van der Waals surface area contributed by atoms with Crippen LogP contribution in [0.3, 0.4) is 0 Å². The Morgan fingerprint density at radius 1 is 1.31 bits per heavy atom. The molecule has 0 saturated heterocycles. The lowest BCUT2D eigenvalue weighted by Gasteiger charge is -1.98. The molecule has 0 heterocycles. The molecule has 0 N–H and O–H groups in total. The third-order valence-corrected chi connectivity index (χ3v) is 2.76. The largest absolute Gasteiger partial charge is 0.293 e. The predicted molar refractivity (Wildman–Crippen MR) is 69.8 cm³/mol. The first kappa shape index (κ1) is 13.3. The van der Waals surface area contributed by atoms with Crippen molar-refractivity contribution in [2.45, 2.75) is 26.2 Å². The minimum Gasteiger partial charge on any atom is -0.293 e. The van der Waals surface area contributed by atoms with E-state index in [0.29, 0.717) is 11.4 Å². The Hall–Kier alpha value is -0.790. The zero-order chi connectivity index (χ0) is 12.0. The van der Waals surface area contributed by atoms with Crippen LogP contribution in [0, 0.1) is 0 Å². The lowest BCUT2D eigenvalue weighted by atomic mass is 10.1. The zero-order valence-corrected chi connectivity index (χ0v) is 10.7. The highest BCUT2D eigenvalue weighted by Gasteiger charge is 2.05. The van der Waals surface area contributed by atoms with Crippen molar-refractivity contribution in [3.63, 3.8) is 0 Å². The molecular formula is C13H14Cl2O. The molecule has 1 rings (SSSR count). The molecule has 86 valence electrons. The summed E-state index contributed by atoms with van der Waals surface area (Å²) in [7, 11) is 0. The van der Waals surface area contributed by atoms with Crippen molar-refractivity contribution in [3.05, 3.63) is 39.9 Å².